The van der Waals surface area contributed by atoms with Crippen molar-refractivity contribution in [3.63, 3.8) is 0 Å². The van der Waals surface area contributed by atoms with Crippen molar-refractivity contribution >= 4 is 11.7 Å². The Morgan fingerprint density at radius 2 is 2.00 bits per heavy atom. The second-order valence-corrected chi connectivity index (χ2v) is 3.68. The number of para-hydroxylation sites is 1. The van der Waals surface area contributed by atoms with Crippen molar-refractivity contribution in [3.8, 4) is 0 Å². The Labute approximate surface area is 105 Å². The van der Waals surface area contributed by atoms with Crippen molar-refractivity contribution in [3.05, 3.63) is 39.9 Å². The molecule has 0 aliphatic carbocycles. The van der Waals surface area contributed by atoms with Crippen molar-refractivity contribution in [2.45, 2.75) is 6.42 Å². The molecule has 0 fully saturated rings. The summed E-state index contributed by atoms with van der Waals surface area (Å²) in [6, 6.07) is 6.09. The van der Waals surface area contributed by atoms with E-state index >= 15 is 0 Å². The summed E-state index contributed by atoms with van der Waals surface area (Å²) in [5, 5.41) is 16.3. The van der Waals surface area contributed by atoms with E-state index in [1.165, 1.54) is 6.07 Å². The van der Waals surface area contributed by atoms with E-state index in [1.807, 2.05) is 0 Å². The second kappa shape index (κ2) is 7.23. The highest BCUT2D eigenvalue weighted by Gasteiger charge is 2.10. The highest BCUT2D eigenvalue weighted by atomic mass is 16.6. The minimum absolute atomic E-state index is 0.134. The van der Waals surface area contributed by atoms with Gasteiger partial charge in [0.05, 0.1) is 4.92 Å². The molecule has 98 valence electrons. The Morgan fingerprint density at radius 3 is 2.67 bits per heavy atom. The smallest absolute Gasteiger partial charge is 0.312 e. The van der Waals surface area contributed by atoms with Crippen LogP contribution in [0.15, 0.2) is 24.3 Å². The maximum Gasteiger partial charge on any atom is 0.312 e. The molecule has 0 spiro atoms. The van der Waals surface area contributed by atoms with E-state index in [2.05, 4.69) is 10.6 Å². The summed E-state index contributed by atoms with van der Waals surface area (Å²) in [6.07, 6.45) is 0.563. The molecule has 0 bridgehead atoms. The molecule has 4 N–H and O–H groups in total. The maximum atomic E-state index is 10.8. The van der Waals surface area contributed by atoms with Crippen LogP contribution in [0.2, 0.25) is 0 Å². The minimum Gasteiger partial charge on any atom is -0.352 e. The molecule has 2 amide bonds. The highest BCUT2D eigenvalue weighted by Crippen LogP contribution is 2.17. The zero-order valence-corrected chi connectivity index (χ0v) is 9.89. The van der Waals surface area contributed by atoms with Crippen LogP contribution in [0, 0.1) is 10.1 Å². The topological polar surface area (TPSA) is 110 Å². The first-order chi connectivity index (χ1) is 8.61. The van der Waals surface area contributed by atoms with Gasteiger partial charge in [0, 0.05) is 24.7 Å². The third-order valence-electron chi connectivity index (χ3n) is 2.36. The van der Waals surface area contributed by atoms with Crippen LogP contribution in [0.4, 0.5) is 10.5 Å². The van der Waals surface area contributed by atoms with E-state index in [9.17, 15) is 14.9 Å². The van der Waals surface area contributed by atoms with E-state index in [4.69, 9.17) is 5.73 Å². The number of hydrogen-bond acceptors (Lipinski definition) is 4. The summed E-state index contributed by atoms with van der Waals surface area (Å²) in [5.74, 6) is 0. The Kier molecular flexibility index (Phi) is 5.59. The number of nitro benzene ring substituents is 1. The van der Waals surface area contributed by atoms with Crippen LogP contribution in [-0.2, 0) is 6.42 Å². The summed E-state index contributed by atoms with van der Waals surface area (Å²) in [5.41, 5.74) is 5.72. The van der Waals surface area contributed by atoms with Crippen molar-refractivity contribution < 1.29 is 9.72 Å². The summed E-state index contributed by atoms with van der Waals surface area (Å²) >= 11 is 0. The molecule has 7 heteroatoms. The fourth-order valence-electron chi connectivity index (χ4n) is 1.52. The van der Waals surface area contributed by atoms with E-state index in [0.717, 1.165) is 0 Å². The number of nitrogens with one attached hydrogen (secondary N) is 2. The lowest BCUT2D eigenvalue weighted by Gasteiger charge is -2.05. The third kappa shape index (κ3) is 4.79. The summed E-state index contributed by atoms with van der Waals surface area (Å²) in [7, 11) is 0. The highest BCUT2D eigenvalue weighted by molar-refractivity contribution is 5.71. The van der Waals surface area contributed by atoms with Crippen LogP contribution < -0.4 is 16.4 Å². The van der Waals surface area contributed by atoms with Crippen LogP contribution in [-0.4, -0.2) is 30.6 Å². The minimum atomic E-state index is -0.560. The SMILES string of the molecule is NC(=O)NCCNCCc1ccccc1[N+](=O)[O-]. The van der Waals surface area contributed by atoms with Crippen LogP contribution in [0.1, 0.15) is 5.56 Å². The van der Waals surface area contributed by atoms with Gasteiger partial charge >= 0.3 is 6.03 Å². The fraction of sp³-hybridized carbons (Fsp3) is 0.364. The monoisotopic (exact) mass is 252 g/mol. The van der Waals surface area contributed by atoms with Gasteiger partial charge in [0.2, 0.25) is 0 Å². The number of carbonyl (C=O) groups is 1. The molecule has 0 saturated carbocycles. The molecule has 0 aliphatic rings. The van der Waals surface area contributed by atoms with Gasteiger partial charge < -0.3 is 16.4 Å². The standard InChI is InChI=1S/C11H16N4O3/c12-11(16)14-8-7-13-6-5-9-3-1-2-4-10(9)15(17)18/h1-4,13H,5-8H2,(H3,12,14,16). The summed E-state index contributed by atoms with van der Waals surface area (Å²) in [6.45, 7) is 1.61. The van der Waals surface area contributed by atoms with Crippen LogP contribution >= 0.6 is 0 Å². The van der Waals surface area contributed by atoms with Gasteiger partial charge in [0.15, 0.2) is 0 Å². The van der Waals surface area contributed by atoms with E-state index in [0.29, 0.717) is 31.6 Å². The fourth-order valence-corrected chi connectivity index (χ4v) is 1.52. The summed E-state index contributed by atoms with van der Waals surface area (Å²) in [4.78, 5) is 20.8. The van der Waals surface area contributed by atoms with Crippen molar-refractivity contribution in [1.29, 1.82) is 0 Å². The van der Waals surface area contributed by atoms with Crippen molar-refractivity contribution in [2.75, 3.05) is 19.6 Å². The molecular weight excluding hydrogens is 236 g/mol. The van der Waals surface area contributed by atoms with Crippen LogP contribution in [0.25, 0.3) is 0 Å². The molecule has 1 aromatic carbocycles. The second-order valence-electron chi connectivity index (χ2n) is 3.68. The average molecular weight is 252 g/mol. The van der Waals surface area contributed by atoms with Gasteiger partial charge in [0.1, 0.15) is 0 Å². The van der Waals surface area contributed by atoms with E-state index < -0.39 is 6.03 Å². The Morgan fingerprint density at radius 1 is 1.28 bits per heavy atom. The molecule has 1 aromatic rings. The van der Waals surface area contributed by atoms with Crippen molar-refractivity contribution in [1.82, 2.24) is 10.6 Å². The Bertz CT molecular complexity index is 423. The molecule has 7 nitrogen and oxygen atoms in total. The molecule has 0 atom stereocenters. The molecule has 0 radical (unpaired) electrons. The number of nitro groups is 1. The molecular formula is C11H16N4O3. The summed E-state index contributed by atoms with van der Waals surface area (Å²) < 4.78 is 0. The van der Waals surface area contributed by atoms with E-state index in [-0.39, 0.29) is 10.6 Å². The number of nitrogens with zero attached hydrogens (tertiary/aromatic N) is 1. The molecule has 0 saturated heterocycles. The molecule has 18 heavy (non-hydrogen) atoms. The third-order valence-corrected chi connectivity index (χ3v) is 2.36. The first-order valence-corrected chi connectivity index (χ1v) is 5.57. The number of carbonyl (C=O) groups excluding carboxylic acids is 1. The number of primary amides is 1. The normalized spacial score (nSPS) is 10.0. The number of hydrogen-bond donors (Lipinski definition) is 3. The number of nitrogens with two attached hydrogens (primary N) is 1. The first-order valence-electron chi connectivity index (χ1n) is 5.57. The van der Waals surface area contributed by atoms with Gasteiger partial charge in [0.25, 0.3) is 5.69 Å². The predicted molar refractivity (Wildman–Crippen MR) is 67.3 cm³/mol. The largest absolute Gasteiger partial charge is 0.352 e. The molecule has 0 aliphatic heterocycles. The lowest BCUT2D eigenvalue weighted by molar-refractivity contribution is -0.385. The molecule has 0 aromatic heterocycles. The number of amides is 2. The number of urea groups is 1. The van der Waals surface area contributed by atoms with Gasteiger partial charge in [-0.25, -0.2) is 4.79 Å². The zero-order valence-electron chi connectivity index (χ0n) is 9.89. The molecule has 0 heterocycles. The lowest BCUT2D eigenvalue weighted by Crippen LogP contribution is -2.35. The Hall–Kier alpha value is -2.15. The van der Waals surface area contributed by atoms with Crippen LogP contribution in [0.5, 0.6) is 0 Å². The van der Waals surface area contributed by atoms with Gasteiger partial charge in [-0.3, -0.25) is 10.1 Å². The van der Waals surface area contributed by atoms with Gasteiger partial charge in [-0.05, 0) is 13.0 Å². The van der Waals surface area contributed by atoms with Crippen molar-refractivity contribution in [2.24, 2.45) is 5.73 Å². The predicted octanol–water partition coefficient (Wildman–Crippen LogP) is 0.395. The van der Waals surface area contributed by atoms with Gasteiger partial charge in [-0.15, -0.1) is 0 Å². The van der Waals surface area contributed by atoms with Gasteiger partial charge in [-0.2, -0.15) is 0 Å². The molecule has 0 unspecified atom stereocenters. The Balaban J connectivity index is 2.31. The van der Waals surface area contributed by atoms with Gasteiger partial charge in [-0.1, -0.05) is 18.2 Å². The zero-order chi connectivity index (χ0) is 13.4. The number of rotatable bonds is 7. The van der Waals surface area contributed by atoms with E-state index in [1.54, 1.807) is 18.2 Å². The maximum absolute atomic E-state index is 10.8. The first kappa shape index (κ1) is 13.9. The van der Waals surface area contributed by atoms with Crippen LogP contribution in [0.3, 0.4) is 0 Å². The quantitative estimate of drug-likeness (QED) is 0.370. The average Bonchev–Trinajstić information content (AvgIpc) is 2.33. The lowest BCUT2D eigenvalue weighted by atomic mass is 10.1. The number of benzene rings is 1. The molecule has 1 rings (SSSR count).